The summed E-state index contributed by atoms with van der Waals surface area (Å²) in [5.74, 6) is -0.979. The van der Waals surface area contributed by atoms with Crippen molar-refractivity contribution in [3.05, 3.63) is 35.9 Å². The first kappa shape index (κ1) is 15.0. The first-order valence-corrected chi connectivity index (χ1v) is 7.95. The number of carbonyl (C=O) groups is 1. The van der Waals surface area contributed by atoms with Gasteiger partial charge in [-0.2, -0.15) is 0 Å². The van der Waals surface area contributed by atoms with Crippen LogP contribution >= 0.6 is 15.2 Å². The maximum Gasteiger partial charge on any atom is 0.360 e. The van der Waals surface area contributed by atoms with E-state index in [4.69, 9.17) is 19.6 Å². The molecule has 18 heavy (non-hydrogen) atoms. The smallest absolute Gasteiger partial charge is 0.328 e. The van der Waals surface area contributed by atoms with Crippen molar-refractivity contribution in [3.8, 4) is 0 Å². The Kier molecular flexibility index (Phi) is 4.45. The van der Waals surface area contributed by atoms with Crippen molar-refractivity contribution >= 4 is 21.1 Å². The molecule has 5 N–H and O–H groups in total. The molecule has 0 spiro atoms. The molecule has 0 atom stereocenters. The highest BCUT2D eigenvalue weighted by Crippen LogP contribution is 2.58. The Bertz CT molecular complexity index is 498. The summed E-state index contributed by atoms with van der Waals surface area (Å²) in [6, 6.07) is 7.29. The van der Waals surface area contributed by atoms with Crippen molar-refractivity contribution in [2.45, 2.75) is 5.52 Å². The number of amides is 1. The Morgan fingerprint density at radius 1 is 1.00 bits per heavy atom. The molecule has 1 aromatic rings. The van der Waals surface area contributed by atoms with Gasteiger partial charge in [-0.15, -0.1) is 0 Å². The van der Waals surface area contributed by atoms with Gasteiger partial charge in [0.25, 0.3) is 5.91 Å². The molecule has 10 heteroatoms. The minimum atomic E-state index is -5.17. The Morgan fingerprint density at radius 3 is 1.83 bits per heavy atom. The average molecular weight is 295 g/mol. The summed E-state index contributed by atoms with van der Waals surface area (Å²) < 4.78 is 21.9. The lowest BCUT2D eigenvalue weighted by Gasteiger charge is -2.20. The van der Waals surface area contributed by atoms with Crippen LogP contribution in [0.2, 0.25) is 0 Å². The number of hydrogen-bond acceptors (Lipinski definition) is 3. The predicted octanol–water partition coefficient (Wildman–Crippen LogP) is 0.0554. The van der Waals surface area contributed by atoms with Crippen molar-refractivity contribution in [2.24, 2.45) is 0 Å². The highest BCUT2D eigenvalue weighted by atomic mass is 31.2. The molecule has 0 saturated heterocycles. The second kappa shape index (κ2) is 5.32. The van der Waals surface area contributed by atoms with Crippen LogP contribution in [0.3, 0.4) is 0 Å². The van der Waals surface area contributed by atoms with Gasteiger partial charge in [-0.3, -0.25) is 13.9 Å². The molecule has 0 heterocycles. The summed E-state index contributed by atoms with van der Waals surface area (Å²) in [6.07, 6.45) is 0. The Balaban J connectivity index is 2.97. The van der Waals surface area contributed by atoms with Gasteiger partial charge in [-0.1, -0.05) is 18.2 Å². The van der Waals surface area contributed by atoms with Crippen LogP contribution in [-0.4, -0.2) is 31.0 Å². The monoisotopic (exact) mass is 295 g/mol. The summed E-state index contributed by atoms with van der Waals surface area (Å²) in [4.78, 5) is 46.8. The number of carbonyl (C=O) groups excluding carboxylic acids is 1. The van der Waals surface area contributed by atoms with E-state index in [2.05, 4.69) is 0 Å². The van der Waals surface area contributed by atoms with Crippen LogP contribution in [0.15, 0.2) is 30.3 Å². The Morgan fingerprint density at radius 2 is 1.44 bits per heavy atom. The fourth-order valence-electron chi connectivity index (χ4n) is 1.15. The molecule has 0 saturated carbocycles. The molecule has 0 aromatic heterocycles. The van der Waals surface area contributed by atoms with E-state index in [9.17, 15) is 13.9 Å². The van der Waals surface area contributed by atoms with Crippen LogP contribution in [0.1, 0.15) is 10.4 Å². The van der Waals surface area contributed by atoms with E-state index in [1.54, 1.807) is 11.4 Å². The van der Waals surface area contributed by atoms with E-state index in [-0.39, 0.29) is 5.56 Å². The van der Waals surface area contributed by atoms with Gasteiger partial charge >= 0.3 is 15.2 Å². The lowest BCUT2D eigenvalue weighted by atomic mass is 10.2. The van der Waals surface area contributed by atoms with Crippen molar-refractivity contribution < 1.29 is 33.5 Å². The molecule has 1 aromatic carbocycles. The van der Waals surface area contributed by atoms with E-state index in [1.807, 2.05) is 0 Å². The molecule has 0 aliphatic carbocycles. The van der Waals surface area contributed by atoms with E-state index in [0.717, 1.165) is 0 Å². The minimum Gasteiger partial charge on any atom is -0.328 e. The van der Waals surface area contributed by atoms with Crippen LogP contribution < -0.4 is 5.32 Å². The molecule has 0 bridgehead atoms. The van der Waals surface area contributed by atoms with Crippen LogP contribution in [0, 0.1) is 0 Å². The van der Waals surface area contributed by atoms with Gasteiger partial charge in [0.15, 0.2) is 0 Å². The second-order valence-corrected chi connectivity index (χ2v) is 7.19. The van der Waals surface area contributed by atoms with Crippen molar-refractivity contribution in [1.82, 2.24) is 5.32 Å². The first-order chi connectivity index (χ1) is 8.12. The van der Waals surface area contributed by atoms with Crippen molar-refractivity contribution in [2.75, 3.05) is 0 Å². The minimum absolute atomic E-state index is 0.0319. The average Bonchev–Trinajstić information content (AvgIpc) is 2.23. The zero-order chi connectivity index (χ0) is 14.0. The summed E-state index contributed by atoms with van der Waals surface area (Å²) in [6.45, 7) is 0. The zero-order valence-electron chi connectivity index (χ0n) is 8.87. The topological polar surface area (TPSA) is 144 Å². The highest BCUT2D eigenvalue weighted by Gasteiger charge is 2.44. The fraction of sp³-hybridized carbons (Fsp3) is 0.125. The normalized spacial score (nSPS) is 12.5. The molecule has 0 fully saturated rings. The van der Waals surface area contributed by atoms with Crippen LogP contribution in [0.25, 0.3) is 0 Å². The van der Waals surface area contributed by atoms with Gasteiger partial charge in [0, 0.05) is 5.56 Å². The zero-order valence-corrected chi connectivity index (χ0v) is 10.7. The third-order valence-electron chi connectivity index (χ3n) is 1.93. The maximum absolute atomic E-state index is 11.6. The van der Waals surface area contributed by atoms with Gasteiger partial charge in [-0.05, 0) is 12.1 Å². The Labute approximate surface area is 102 Å². The summed E-state index contributed by atoms with van der Waals surface area (Å²) >= 11 is 0. The molecule has 1 amide bonds. The maximum atomic E-state index is 11.6. The molecule has 1 rings (SSSR count). The third kappa shape index (κ3) is 4.03. The third-order valence-corrected chi connectivity index (χ3v) is 5.27. The van der Waals surface area contributed by atoms with Gasteiger partial charge in [0.2, 0.25) is 5.52 Å². The predicted molar refractivity (Wildman–Crippen MR) is 61.8 cm³/mol. The quantitative estimate of drug-likeness (QED) is 0.494. The lowest BCUT2D eigenvalue weighted by molar-refractivity contribution is 0.0948. The molecule has 0 aliphatic rings. The molecule has 0 aliphatic heterocycles. The Hall–Kier alpha value is -1.01. The van der Waals surface area contributed by atoms with E-state index < -0.39 is 26.6 Å². The van der Waals surface area contributed by atoms with Crippen LogP contribution in [0.4, 0.5) is 0 Å². The van der Waals surface area contributed by atoms with Crippen molar-refractivity contribution in [1.29, 1.82) is 0 Å². The van der Waals surface area contributed by atoms with Gasteiger partial charge in [-0.25, -0.2) is 0 Å². The summed E-state index contributed by atoms with van der Waals surface area (Å²) in [5.41, 5.74) is -2.51. The highest BCUT2D eigenvalue weighted by molar-refractivity contribution is 7.70. The standard InChI is InChI=1S/C8H11NO7P2/c10-7(6-4-2-1-3-5-6)9-8(17(11,12)13)18(14,15)16/h1-5,8H,(H,9,10)(H2,11,12,13)(H2,14,15,16). The summed E-state index contributed by atoms with van der Waals surface area (Å²) in [5, 5.41) is 1.65. The molecule has 0 unspecified atom stereocenters. The second-order valence-electron chi connectivity index (χ2n) is 3.39. The molecule has 100 valence electrons. The largest absolute Gasteiger partial charge is 0.360 e. The van der Waals surface area contributed by atoms with Crippen LogP contribution in [0.5, 0.6) is 0 Å². The van der Waals surface area contributed by atoms with Gasteiger partial charge < -0.3 is 24.9 Å². The first-order valence-electron chi connectivity index (χ1n) is 4.59. The number of hydrogen-bond donors (Lipinski definition) is 5. The molecular formula is C8H11NO7P2. The number of benzene rings is 1. The molecular weight excluding hydrogens is 284 g/mol. The van der Waals surface area contributed by atoms with Crippen molar-refractivity contribution in [3.63, 3.8) is 0 Å². The SMILES string of the molecule is O=C(NC(P(=O)(O)O)P(=O)(O)O)c1ccccc1. The van der Waals surface area contributed by atoms with Crippen LogP contribution in [-0.2, 0) is 9.13 Å². The van der Waals surface area contributed by atoms with E-state index >= 15 is 0 Å². The number of nitrogens with one attached hydrogen (secondary N) is 1. The van der Waals surface area contributed by atoms with Gasteiger partial charge in [0.1, 0.15) is 0 Å². The van der Waals surface area contributed by atoms with E-state index in [1.165, 1.54) is 24.3 Å². The fourth-order valence-corrected chi connectivity index (χ4v) is 3.29. The molecule has 8 nitrogen and oxygen atoms in total. The lowest BCUT2D eigenvalue weighted by Crippen LogP contribution is -2.34. The van der Waals surface area contributed by atoms with E-state index in [0.29, 0.717) is 0 Å². The number of rotatable bonds is 4. The molecule has 0 radical (unpaired) electrons. The summed E-state index contributed by atoms with van der Waals surface area (Å²) in [7, 11) is -10.3. The van der Waals surface area contributed by atoms with Gasteiger partial charge in [0.05, 0.1) is 0 Å².